The lowest BCUT2D eigenvalue weighted by Gasteiger charge is -2.15. The fourth-order valence-corrected chi connectivity index (χ4v) is 3.49. The average Bonchev–Trinajstić information content (AvgIpc) is 2.62. The molecule has 2 heterocycles. The SMILES string of the molecule is O=c1cc(C2=CCCC=C2Cl)c2ccnc(-c3c(F)cccc3F)c2[nH]1. The number of H-pyrrole nitrogens is 1. The smallest absolute Gasteiger partial charge is 0.249 e. The quantitative estimate of drug-likeness (QED) is 0.676. The Morgan fingerprint density at radius 1 is 1.08 bits per heavy atom. The minimum Gasteiger partial charge on any atom is -0.320 e. The van der Waals surface area contributed by atoms with E-state index < -0.39 is 17.2 Å². The van der Waals surface area contributed by atoms with Crippen LogP contribution in [0.2, 0.25) is 0 Å². The lowest BCUT2D eigenvalue weighted by atomic mass is 9.95. The van der Waals surface area contributed by atoms with Crippen LogP contribution in [0.3, 0.4) is 0 Å². The predicted octanol–water partition coefficient (Wildman–Crippen LogP) is 5.17. The molecule has 1 aromatic carbocycles. The van der Waals surface area contributed by atoms with Gasteiger partial charge in [-0.1, -0.05) is 29.8 Å². The minimum atomic E-state index is -0.744. The molecule has 0 saturated carbocycles. The van der Waals surface area contributed by atoms with Gasteiger partial charge < -0.3 is 4.98 Å². The van der Waals surface area contributed by atoms with Crippen LogP contribution >= 0.6 is 11.6 Å². The Morgan fingerprint density at radius 2 is 1.81 bits per heavy atom. The molecule has 4 rings (SSSR count). The van der Waals surface area contributed by atoms with Crippen LogP contribution in [0.1, 0.15) is 18.4 Å². The molecule has 0 aliphatic heterocycles. The molecular weight excluding hydrogens is 358 g/mol. The van der Waals surface area contributed by atoms with Crippen molar-refractivity contribution in [3.8, 4) is 11.3 Å². The summed E-state index contributed by atoms with van der Waals surface area (Å²) in [6, 6.07) is 6.73. The van der Waals surface area contributed by atoms with Crippen molar-refractivity contribution in [2.75, 3.05) is 0 Å². The second-order valence-electron chi connectivity index (χ2n) is 5.97. The molecule has 2 aromatic heterocycles. The van der Waals surface area contributed by atoms with Crippen LogP contribution in [0.5, 0.6) is 0 Å². The largest absolute Gasteiger partial charge is 0.320 e. The van der Waals surface area contributed by atoms with E-state index in [2.05, 4.69) is 9.97 Å². The van der Waals surface area contributed by atoms with Crippen molar-refractivity contribution in [2.45, 2.75) is 12.8 Å². The molecule has 1 N–H and O–H groups in total. The molecule has 0 amide bonds. The van der Waals surface area contributed by atoms with E-state index in [1.54, 1.807) is 6.07 Å². The minimum absolute atomic E-state index is 0.0496. The maximum absolute atomic E-state index is 14.3. The summed E-state index contributed by atoms with van der Waals surface area (Å²) in [5.41, 5.74) is 1.01. The summed E-state index contributed by atoms with van der Waals surface area (Å²) in [4.78, 5) is 19.0. The normalized spacial score (nSPS) is 14.3. The molecular formula is C20H13ClF2N2O. The lowest BCUT2D eigenvalue weighted by molar-refractivity contribution is 0.589. The summed E-state index contributed by atoms with van der Waals surface area (Å²) in [6.45, 7) is 0. The highest BCUT2D eigenvalue weighted by molar-refractivity contribution is 6.37. The van der Waals surface area contributed by atoms with Crippen LogP contribution in [0.15, 0.2) is 58.5 Å². The Morgan fingerprint density at radius 3 is 2.54 bits per heavy atom. The Bertz CT molecular complexity index is 1130. The van der Waals surface area contributed by atoms with Gasteiger partial charge in [0.15, 0.2) is 0 Å². The molecule has 0 atom stereocenters. The van der Waals surface area contributed by atoms with Gasteiger partial charge in [0, 0.05) is 22.7 Å². The van der Waals surface area contributed by atoms with Gasteiger partial charge in [0.1, 0.15) is 17.3 Å². The van der Waals surface area contributed by atoms with E-state index >= 15 is 0 Å². The molecule has 1 aliphatic carbocycles. The molecule has 0 bridgehead atoms. The molecule has 0 radical (unpaired) electrons. The Balaban J connectivity index is 2.07. The Hall–Kier alpha value is -2.79. The third-order valence-corrected chi connectivity index (χ3v) is 4.71. The number of aromatic amines is 1. The van der Waals surface area contributed by atoms with Crippen LogP contribution < -0.4 is 5.56 Å². The zero-order valence-corrected chi connectivity index (χ0v) is 14.3. The first-order valence-corrected chi connectivity index (χ1v) is 8.47. The predicted molar refractivity (Wildman–Crippen MR) is 98.9 cm³/mol. The topological polar surface area (TPSA) is 45.8 Å². The number of allylic oxidation sites excluding steroid dienone is 4. The fourth-order valence-electron chi connectivity index (χ4n) is 3.20. The molecule has 0 unspecified atom stereocenters. The van der Waals surface area contributed by atoms with E-state index in [0.29, 0.717) is 16.0 Å². The second-order valence-corrected chi connectivity index (χ2v) is 6.38. The average molecular weight is 371 g/mol. The number of rotatable bonds is 2. The summed E-state index contributed by atoms with van der Waals surface area (Å²) in [5.74, 6) is -1.49. The van der Waals surface area contributed by atoms with E-state index in [-0.39, 0.29) is 16.8 Å². The van der Waals surface area contributed by atoms with Gasteiger partial charge in [-0.15, -0.1) is 0 Å². The standard InChI is InChI=1S/C20H13ClF2N2O/c21-14-5-2-1-4-11(14)13-10-17(26)25-19-12(13)8-9-24-20(19)18-15(22)6-3-7-16(18)23/h3-10H,1-2H2,(H,25,26). The monoisotopic (exact) mass is 370 g/mol. The van der Waals surface area contributed by atoms with Crippen LogP contribution in [0.25, 0.3) is 27.7 Å². The number of fused-ring (bicyclic) bond motifs is 1. The first-order chi connectivity index (χ1) is 12.6. The maximum Gasteiger partial charge on any atom is 0.249 e. The molecule has 3 nitrogen and oxygen atoms in total. The molecule has 0 spiro atoms. The zero-order valence-electron chi connectivity index (χ0n) is 13.5. The summed E-state index contributed by atoms with van der Waals surface area (Å²) in [5, 5.41) is 1.18. The number of nitrogens with zero attached hydrogens (tertiary/aromatic N) is 1. The van der Waals surface area contributed by atoms with Gasteiger partial charge >= 0.3 is 0 Å². The van der Waals surface area contributed by atoms with Gasteiger partial charge in [-0.3, -0.25) is 9.78 Å². The molecule has 130 valence electrons. The number of hydrogen-bond donors (Lipinski definition) is 1. The van der Waals surface area contributed by atoms with Crippen molar-refractivity contribution in [1.82, 2.24) is 9.97 Å². The van der Waals surface area contributed by atoms with Gasteiger partial charge in [-0.2, -0.15) is 0 Å². The Labute approximate surface area is 152 Å². The van der Waals surface area contributed by atoms with E-state index in [1.165, 1.54) is 18.3 Å². The van der Waals surface area contributed by atoms with Crippen molar-refractivity contribution in [1.29, 1.82) is 0 Å². The first-order valence-electron chi connectivity index (χ1n) is 8.09. The van der Waals surface area contributed by atoms with Crippen LogP contribution in [-0.2, 0) is 0 Å². The number of halogens is 3. The number of hydrogen-bond acceptors (Lipinski definition) is 2. The third-order valence-electron chi connectivity index (χ3n) is 4.35. The van der Waals surface area contributed by atoms with Crippen molar-refractivity contribution in [3.05, 3.63) is 81.3 Å². The summed E-state index contributed by atoms with van der Waals surface area (Å²) < 4.78 is 28.5. The summed E-state index contributed by atoms with van der Waals surface area (Å²) in [7, 11) is 0. The van der Waals surface area contributed by atoms with E-state index in [0.717, 1.165) is 30.5 Å². The number of nitrogens with one attached hydrogen (secondary N) is 1. The van der Waals surface area contributed by atoms with Crippen LogP contribution in [0.4, 0.5) is 8.78 Å². The van der Waals surface area contributed by atoms with Crippen molar-refractivity contribution in [3.63, 3.8) is 0 Å². The first kappa shape index (κ1) is 16.7. The number of aromatic nitrogens is 2. The van der Waals surface area contributed by atoms with Crippen molar-refractivity contribution >= 4 is 28.1 Å². The molecule has 3 aromatic rings. The second kappa shape index (κ2) is 6.50. The van der Waals surface area contributed by atoms with Gasteiger partial charge in [0.2, 0.25) is 5.56 Å². The highest BCUT2D eigenvalue weighted by Gasteiger charge is 2.19. The van der Waals surface area contributed by atoms with Gasteiger partial charge in [-0.25, -0.2) is 8.78 Å². The van der Waals surface area contributed by atoms with Gasteiger partial charge in [0.05, 0.1) is 11.1 Å². The van der Waals surface area contributed by atoms with Gasteiger partial charge in [0.25, 0.3) is 0 Å². The Kier molecular flexibility index (Phi) is 4.17. The maximum atomic E-state index is 14.3. The van der Waals surface area contributed by atoms with Crippen molar-refractivity contribution in [2.24, 2.45) is 0 Å². The third kappa shape index (κ3) is 2.74. The molecule has 6 heteroatoms. The summed E-state index contributed by atoms with van der Waals surface area (Å²) >= 11 is 6.32. The summed E-state index contributed by atoms with van der Waals surface area (Å²) in [6.07, 6.45) is 6.95. The van der Waals surface area contributed by atoms with Crippen molar-refractivity contribution < 1.29 is 8.78 Å². The van der Waals surface area contributed by atoms with E-state index in [4.69, 9.17) is 11.6 Å². The highest BCUT2D eigenvalue weighted by atomic mass is 35.5. The van der Waals surface area contributed by atoms with E-state index in [9.17, 15) is 13.6 Å². The molecule has 0 saturated heterocycles. The van der Waals surface area contributed by atoms with Crippen LogP contribution in [0, 0.1) is 11.6 Å². The molecule has 0 fully saturated rings. The highest BCUT2D eigenvalue weighted by Crippen LogP contribution is 2.36. The molecule has 26 heavy (non-hydrogen) atoms. The fraction of sp³-hybridized carbons (Fsp3) is 0.100. The lowest BCUT2D eigenvalue weighted by Crippen LogP contribution is -2.09. The zero-order chi connectivity index (χ0) is 18.3. The van der Waals surface area contributed by atoms with Gasteiger partial charge in [-0.05, 0) is 42.2 Å². The van der Waals surface area contributed by atoms with Crippen LogP contribution in [-0.4, -0.2) is 9.97 Å². The number of pyridine rings is 2. The molecule has 1 aliphatic rings. The number of benzene rings is 1. The van der Waals surface area contributed by atoms with E-state index in [1.807, 2.05) is 12.2 Å².